The van der Waals surface area contributed by atoms with Crippen LogP contribution in [0.1, 0.15) is 25.5 Å². The van der Waals surface area contributed by atoms with Crippen LogP contribution in [0.15, 0.2) is 18.2 Å². The van der Waals surface area contributed by atoms with Crippen molar-refractivity contribution in [2.45, 2.75) is 24.7 Å². The van der Waals surface area contributed by atoms with Crippen molar-refractivity contribution in [3.63, 3.8) is 0 Å². The molecule has 0 fully saturated rings. The van der Waals surface area contributed by atoms with Crippen molar-refractivity contribution >= 4 is 21.4 Å². The first kappa shape index (κ1) is 15.3. The normalized spacial score (nSPS) is 14.3. The van der Waals surface area contributed by atoms with Crippen molar-refractivity contribution in [2.24, 2.45) is 0 Å². The average molecular weight is 293 g/mol. The third kappa shape index (κ3) is 2.79. The lowest BCUT2D eigenvalue weighted by molar-refractivity contribution is 0.139. The minimum absolute atomic E-state index is 0.276. The molecule has 1 rings (SSSR count). The van der Waals surface area contributed by atoms with Crippen molar-refractivity contribution in [3.05, 3.63) is 28.8 Å². The van der Waals surface area contributed by atoms with Crippen LogP contribution in [0.4, 0.5) is 0 Å². The molecule has 4 nitrogen and oxygen atoms in total. The van der Waals surface area contributed by atoms with E-state index < -0.39 is 20.7 Å². The van der Waals surface area contributed by atoms with E-state index in [9.17, 15) is 13.5 Å². The standard InChI is InChI=1S/C12H17ClO4S/c1-12(2,18(4,15)16)11(14)9-6-5-8(17-3)7-10(9)13/h5-7,11,14H,1-4H3. The molecule has 102 valence electrons. The summed E-state index contributed by atoms with van der Waals surface area (Å²) in [5.41, 5.74) is 0.368. The fraction of sp³-hybridized carbons (Fsp3) is 0.500. The zero-order chi connectivity index (χ0) is 14.1. The summed E-state index contributed by atoms with van der Waals surface area (Å²) in [4.78, 5) is 0. The van der Waals surface area contributed by atoms with Crippen LogP contribution in [0.3, 0.4) is 0 Å². The van der Waals surface area contributed by atoms with Crippen molar-refractivity contribution in [3.8, 4) is 5.75 Å². The first-order chi connectivity index (χ1) is 8.11. The summed E-state index contributed by atoms with van der Waals surface area (Å²) in [6.07, 6.45) is -0.112. The lowest BCUT2D eigenvalue weighted by Gasteiger charge is -2.29. The van der Waals surface area contributed by atoms with Crippen LogP contribution in [0.2, 0.25) is 5.02 Å². The minimum atomic E-state index is -3.42. The first-order valence-corrected chi connectivity index (χ1v) is 7.59. The van der Waals surface area contributed by atoms with Gasteiger partial charge < -0.3 is 9.84 Å². The Morgan fingerprint density at radius 1 is 1.39 bits per heavy atom. The number of aliphatic hydroxyl groups is 1. The number of halogens is 1. The van der Waals surface area contributed by atoms with Crippen LogP contribution >= 0.6 is 11.6 Å². The molecule has 1 atom stereocenters. The van der Waals surface area contributed by atoms with E-state index in [0.717, 1.165) is 6.26 Å². The van der Waals surface area contributed by atoms with E-state index >= 15 is 0 Å². The van der Waals surface area contributed by atoms with Crippen LogP contribution in [0, 0.1) is 0 Å². The maximum atomic E-state index is 11.7. The SMILES string of the molecule is COc1ccc(C(O)C(C)(C)S(C)(=O)=O)c(Cl)c1. The van der Waals surface area contributed by atoms with Crippen LogP contribution in [0.25, 0.3) is 0 Å². The van der Waals surface area contributed by atoms with Gasteiger partial charge in [-0.05, 0) is 26.0 Å². The molecule has 0 radical (unpaired) electrons. The number of hydrogen-bond donors (Lipinski definition) is 1. The number of ether oxygens (including phenoxy) is 1. The second kappa shape index (κ2) is 5.07. The maximum absolute atomic E-state index is 11.7. The Hall–Kier alpha value is -0.780. The molecule has 0 amide bonds. The fourth-order valence-corrected chi connectivity index (χ4v) is 2.24. The fourth-order valence-electron chi connectivity index (χ4n) is 1.43. The molecule has 0 spiro atoms. The van der Waals surface area contributed by atoms with Gasteiger partial charge in [0.25, 0.3) is 0 Å². The summed E-state index contributed by atoms with van der Waals surface area (Å²) < 4.78 is 27.0. The summed E-state index contributed by atoms with van der Waals surface area (Å²) in [6.45, 7) is 2.93. The zero-order valence-electron chi connectivity index (χ0n) is 10.8. The molecule has 6 heteroatoms. The third-order valence-electron chi connectivity index (χ3n) is 3.12. The number of hydrogen-bond acceptors (Lipinski definition) is 4. The quantitative estimate of drug-likeness (QED) is 0.924. The summed E-state index contributed by atoms with van der Waals surface area (Å²) in [5, 5.41) is 10.5. The van der Waals surface area contributed by atoms with Crippen molar-refractivity contribution < 1.29 is 18.3 Å². The predicted octanol–water partition coefficient (Wildman–Crippen LogP) is 2.21. The molecule has 1 N–H and O–H groups in total. The summed E-state index contributed by atoms with van der Waals surface area (Å²) >= 11 is 6.02. The van der Waals surface area contributed by atoms with Crippen LogP contribution < -0.4 is 4.74 Å². The Morgan fingerprint density at radius 2 is 1.94 bits per heavy atom. The zero-order valence-corrected chi connectivity index (χ0v) is 12.3. The Morgan fingerprint density at radius 3 is 2.33 bits per heavy atom. The number of methoxy groups -OCH3 is 1. The highest BCUT2D eigenvalue weighted by atomic mass is 35.5. The number of rotatable bonds is 4. The lowest BCUT2D eigenvalue weighted by atomic mass is 9.98. The molecule has 0 aliphatic carbocycles. The van der Waals surface area contributed by atoms with E-state index in [2.05, 4.69) is 0 Å². The average Bonchev–Trinajstić information content (AvgIpc) is 2.26. The van der Waals surface area contributed by atoms with E-state index in [4.69, 9.17) is 16.3 Å². The molecule has 0 bridgehead atoms. The highest BCUT2D eigenvalue weighted by Gasteiger charge is 2.39. The van der Waals surface area contributed by atoms with Crippen molar-refractivity contribution in [1.29, 1.82) is 0 Å². The highest BCUT2D eigenvalue weighted by Crippen LogP contribution is 2.36. The molecule has 0 saturated carbocycles. The first-order valence-electron chi connectivity index (χ1n) is 5.32. The van der Waals surface area contributed by atoms with Gasteiger partial charge in [-0.25, -0.2) is 8.42 Å². The predicted molar refractivity (Wildman–Crippen MR) is 71.9 cm³/mol. The van der Waals surface area contributed by atoms with Gasteiger partial charge in [0.05, 0.1) is 23.0 Å². The van der Waals surface area contributed by atoms with E-state index in [1.54, 1.807) is 18.2 Å². The monoisotopic (exact) mass is 292 g/mol. The molecular weight excluding hydrogens is 276 g/mol. The number of benzene rings is 1. The Bertz CT molecular complexity index is 537. The Balaban J connectivity index is 3.24. The molecule has 0 aliphatic rings. The Kier molecular flexibility index (Phi) is 4.30. The van der Waals surface area contributed by atoms with Gasteiger partial charge in [-0.1, -0.05) is 17.7 Å². The van der Waals surface area contributed by atoms with E-state index in [1.165, 1.54) is 21.0 Å². The van der Waals surface area contributed by atoms with Gasteiger partial charge in [-0.3, -0.25) is 0 Å². The van der Waals surface area contributed by atoms with Gasteiger partial charge >= 0.3 is 0 Å². The van der Waals surface area contributed by atoms with Crippen LogP contribution in [-0.2, 0) is 9.84 Å². The van der Waals surface area contributed by atoms with Gasteiger partial charge in [-0.2, -0.15) is 0 Å². The maximum Gasteiger partial charge on any atom is 0.155 e. The Labute approximate surface area is 112 Å². The lowest BCUT2D eigenvalue weighted by Crippen LogP contribution is -2.37. The highest BCUT2D eigenvalue weighted by molar-refractivity contribution is 7.92. The topological polar surface area (TPSA) is 63.6 Å². The molecule has 0 aromatic heterocycles. The van der Waals surface area contributed by atoms with Gasteiger partial charge in [0.1, 0.15) is 5.75 Å². The molecular formula is C12H17ClO4S. The summed E-state index contributed by atoms with van der Waals surface area (Å²) in [5.74, 6) is 0.549. The van der Waals surface area contributed by atoms with Crippen LogP contribution in [0.5, 0.6) is 5.75 Å². The molecule has 1 aromatic rings. The van der Waals surface area contributed by atoms with Gasteiger partial charge in [0.15, 0.2) is 9.84 Å². The van der Waals surface area contributed by atoms with Crippen LogP contribution in [-0.4, -0.2) is 31.6 Å². The van der Waals surface area contributed by atoms with Crippen molar-refractivity contribution in [1.82, 2.24) is 0 Å². The molecule has 1 aromatic carbocycles. The van der Waals surface area contributed by atoms with Gasteiger partial charge in [0, 0.05) is 11.8 Å². The summed E-state index contributed by atoms with van der Waals surface area (Å²) in [6, 6.07) is 4.74. The smallest absolute Gasteiger partial charge is 0.155 e. The van der Waals surface area contributed by atoms with E-state index in [0.29, 0.717) is 11.3 Å². The molecule has 0 heterocycles. The third-order valence-corrected chi connectivity index (χ3v) is 5.58. The van der Waals surface area contributed by atoms with Gasteiger partial charge in [0.2, 0.25) is 0 Å². The van der Waals surface area contributed by atoms with Gasteiger partial charge in [-0.15, -0.1) is 0 Å². The second-order valence-electron chi connectivity index (χ2n) is 4.67. The minimum Gasteiger partial charge on any atom is -0.497 e. The summed E-state index contributed by atoms with van der Waals surface area (Å²) in [7, 11) is -1.92. The molecule has 0 saturated heterocycles. The van der Waals surface area contributed by atoms with E-state index in [-0.39, 0.29) is 5.02 Å². The molecule has 18 heavy (non-hydrogen) atoms. The van der Waals surface area contributed by atoms with E-state index in [1.807, 2.05) is 0 Å². The molecule has 0 aliphatic heterocycles. The largest absolute Gasteiger partial charge is 0.497 e. The number of sulfone groups is 1. The molecule has 1 unspecified atom stereocenters. The van der Waals surface area contributed by atoms with Crippen molar-refractivity contribution in [2.75, 3.05) is 13.4 Å². The number of aliphatic hydroxyl groups excluding tert-OH is 1. The second-order valence-corrected chi connectivity index (χ2v) is 7.67.